The van der Waals surface area contributed by atoms with Crippen molar-refractivity contribution in [1.82, 2.24) is 14.5 Å². The van der Waals surface area contributed by atoms with Crippen LogP contribution in [0.25, 0.3) is 27.9 Å². The molecule has 8 nitrogen and oxygen atoms in total. The zero-order valence-corrected chi connectivity index (χ0v) is 18.1. The van der Waals surface area contributed by atoms with Crippen LogP contribution in [0.5, 0.6) is 5.75 Å². The van der Waals surface area contributed by atoms with Crippen LogP contribution in [0.2, 0.25) is 5.02 Å². The van der Waals surface area contributed by atoms with Gasteiger partial charge in [0.05, 0.1) is 35.0 Å². The highest BCUT2D eigenvalue weighted by Gasteiger charge is 2.27. The average Bonchev–Trinajstić information content (AvgIpc) is 3.41. The molecule has 0 unspecified atom stereocenters. The number of nitrogen functional groups attached to an aromatic ring is 1. The summed E-state index contributed by atoms with van der Waals surface area (Å²) < 4.78 is 18.0. The first-order valence-electron chi connectivity index (χ1n) is 10.3. The van der Waals surface area contributed by atoms with Crippen LogP contribution >= 0.6 is 11.6 Å². The lowest BCUT2D eigenvalue weighted by Gasteiger charge is -2.11. The first kappa shape index (κ1) is 20.5. The molecule has 0 amide bonds. The maximum atomic E-state index is 13.1. The largest absolute Gasteiger partial charge is 0.495 e. The summed E-state index contributed by atoms with van der Waals surface area (Å²) in [6.45, 7) is 0.847. The van der Waals surface area contributed by atoms with Crippen molar-refractivity contribution in [1.29, 1.82) is 0 Å². The lowest BCUT2D eigenvalue weighted by Crippen LogP contribution is -2.18. The van der Waals surface area contributed by atoms with Crippen LogP contribution in [0.1, 0.15) is 23.2 Å². The molecule has 0 saturated carbocycles. The number of ether oxygens (including phenoxy) is 3. The third-order valence-electron chi connectivity index (χ3n) is 5.52. The molecule has 164 valence electrons. The zero-order valence-electron chi connectivity index (χ0n) is 17.4. The van der Waals surface area contributed by atoms with Gasteiger partial charge < -0.3 is 19.9 Å². The van der Waals surface area contributed by atoms with E-state index < -0.39 is 5.97 Å². The van der Waals surface area contributed by atoms with Gasteiger partial charge in [-0.3, -0.25) is 4.57 Å². The number of carbonyl (C=O) groups excluding carboxylic acids is 1. The smallest absolute Gasteiger partial charge is 0.344 e. The first-order valence-corrected chi connectivity index (χ1v) is 10.6. The van der Waals surface area contributed by atoms with Crippen molar-refractivity contribution in [3.05, 3.63) is 53.1 Å². The van der Waals surface area contributed by atoms with Crippen LogP contribution in [0.4, 0.5) is 5.82 Å². The monoisotopic (exact) mass is 452 g/mol. The molecule has 2 aromatic heterocycles. The number of rotatable bonds is 5. The predicted octanol–water partition coefficient (Wildman–Crippen LogP) is 4.15. The molecular weight excluding hydrogens is 432 g/mol. The Labute approximate surface area is 188 Å². The molecule has 1 aliphatic rings. The van der Waals surface area contributed by atoms with E-state index in [1.165, 1.54) is 0 Å². The number of hydrogen-bond donors (Lipinski definition) is 1. The quantitative estimate of drug-likeness (QED) is 0.454. The molecule has 5 rings (SSSR count). The summed E-state index contributed by atoms with van der Waals surface area (Å²) >= 11 is 6.35. The number of nitrogens with zero attached hydrogens (tertiary/aromatic N) is 3. The van der Waals surface area contributed by atoms with E-state index in [0.29, 0.717) is 45.3 Å². The summed E-state index contributed by atoms with van der Waals surface area (Å²) in [5, 5.41) is 0.405. The highest BCUT2D eigenvalue weighted by Crippen LogP contribution is 2.34. The lowest BCUT2D eigenvalue weighted by molar-refractivity contribution is 0.0163. The van der Waals surface area contributed by atoms with E-state index in [4.69, 9.17) is 36.5 Å². The Hall–Kier alpha value is -3.36. The molecule has 4 aromatic rings. The van der Waals surface area contributed by atoms with Crippen LogP contribution in [0.15, 0.2) is 42.5 Å². The fraction of sp³-hybridized carbons (Fsp3) is 0.261. The minimum Gasteiger partial charge on any atom is -0.495 e. The Morgan fingerprint density at radius 1 is 1.25 bits per heavy atom. The first-order chi connectivity index (χ1) is 15.6. The summed E-state index contributed by atoms with van der Waals surface area (Å²) in [5.74, 6) is 0.137. The van der Waals surface area contributed by atoms with E-state index in [2.05, 4.69) is 4.98 Å². The van der Waals surface area contributed by atoms with Crippen molar-refractivity contribution in [3.63, 3.8) is 0 Å². The van der Waals surface area contributed by atoms with Gasteiger partial charge in [-0.1, -0.05) is 23.7 Å². The Kier molecular flexibility index (Phi) is 5.32. The van der Waals surface area contributed by atoms with Crippen LogP contribution in [-0.4, -0.2) is 46.9 Å². The van der Waals surface area contributed by atoms with Crippen LogP contribution < -0.4 is 10.5 Å². The van der Waals surface area contributed by atoms with Crippen molar-refractivity contribution in [2.24, 2.45) is 0 Å². The highest BCUT2D eigenvalue weighted by molar-refractivity contribution is 6.32. The molecule has 1 saturated heterocycles. The lowest BCUT2D eigenvalue weighted by atomic mass is 10.2. The Morgan fingerprint density at radius 3 is 2.72 bits per heavy atom. The highest BCUT2D eigenvalue weighted by atomic mass is 35.5. The second-order valence-electron chi connectivity index (χ2n) is 7.53. The van der Waals surface area contributed by atoms with Crippen molar-refractivity contribution < 1.29 is 19.0 Å². The summed E-state index contributed by atoms with van der Waals surface area (Å²) in [4.78, 5) is 22.5. The number of halogens is 1. The second kappa shape index (κ2) is 8.29. The molecule has 2 aromatic carbocycles. The molecule has 1 fully saturated rings. The number of para-hydroxylation sites is 2. The summed E-state index contributed by atoms with van der Waals surface area (Å²) in [7, 11) is 1.54. The van der Waals surface area contributed by atoms with Gasteiger partial charge in [0.2, 0.25) is 0 Å². The molecule has 32 heavy (non-hydrogen) atoms. The average molecular weight is 453 g/mol. The van der Waals surface area contributed by atoms with Gasteiger partial charge >= 0.3 is 5.97 Å². The molecule has 0 aliphatic carbocycles. The third-order valence-corrected chi connectivity index (χ3v) is 5.82. The molecular formula is C23H21ClN4O4. The fourth-order valence-electron chi connectivity index (χ4n) is 3.94. The van der Waals surface area contributed by atoms with Crippen molar-refractivity contribution >= 4 is 45.6 Å². The van der Waals surface area contributed by atoms with Gasteiger partial charge in [0, 0.05) is 6.61 Å². The standard InChI is InChI=1S/C23H21ClN4O4/c1-30-18-9-8-13(11-15(18)24)28-21(25)19(23(29)32-12-14-5-4-10-31-14)20-22(28)27-17-7-3-2-6-16(17)26-20/h2-3,6-9,11,14H,4-5,10,12,25H2,1H3/t14-/m0/s1. The number of fused-ring (bicyclic) bond motifs is 2. The van der Waals surface area contributed by atoms with E-state index in [0.717, 1.165) is 12.8 Å². The summed E-state index contributed by atoms with van der Waals surface area (Å²) in [6, 6.07) is 12.6. The van der Waals surface area contributed by atoms with Crippen LogP contribution in [0.3, 0.4) is 0 Å². The molecule has 1 aliphatic heterocycles. The Balaban J connectivity index is 1.67. The predicted molar refractivity (Wildman–Crippen MR) is 122 cm³/mol. The number of benzene rings is 2. The Morgan fingerprint density at radius 2 is 2.03 bits per heavy atom. The van der Waals surface area contributed by atoms with Crippen LogP contribution in [-0.2, 0) is 9.47 Å². The van der Waals surface area contributed by atoms with Gasteiger partial charge in [-0.25, -0.2) is 14.8 Å². The minimum absolute atomic E-state index is 0.0965. The molecule has 0 radical (unpaired) electrons. The van der Waals surface area contributed by atoms with E-state index in [1.807, 2.05) is 24.3 Å². The SMILES string of the molecule is COc1ccc(-n2c(N)c(C(=O)OC[C@@H]3CCCO3)c3nc4ccccc4nc32)cc1Cl. The van der Waals surface area contributed by atoms with Gasteiger partial charge in [0.25, 0.3) is 0 Å². The molecule has 0 spiro atoms. The van der Waals surface area contributed by atoms with Crippen LogP contribution in [0, 0.1) is 0 Å². The number of nitrogens with two attached hydrogens (primary N) is 1. The van der Waals surface area contributed by atoms with Gasteiger partial charge in [-0.05, 0) is 43.2 Å². The van der Waals surface area contributed by atoms with Crippen molar-refractivity contribution in [2.75, 3.05) is 26.1 Å². The summed E-state index contributed by atoms with van der Waals surface area (Å²) in [6.07, 6.45) is 1.72. The normalized spacial score (nSPS) is 16.0. The van der Waals surface area contributed by atoms with Gasteiger partial charge in [0.15, 0.2) is 5.65 Å². The number of hydrogen-bond acceptors (Lipinski definition) is 7. The number of esters is 1. The van der Waals surface area contributed by atoms with E-state index in [9.17, 15) is 4.79 Å². The minimum atomic E-state index is -0.564. The van der Waals surface area contributed by atoms with Crippen molar-refractivity contribution in [3.8, 4) is 11.4 Å². The maximum Gasteiger partial charge on any atom is 0.344 e. The Bertz CT molecular complexity index is 1330. The number of aromatic nitrogens is 3. The third kappa shape index (κ3) is 3.51. The summed E-state index contributed by atoms with van der Waals surface area (Å²) in [5.41, 5.74) is 9.42. The number of carbonyl (C=O) groups is 1. The molecule has 9 heteroatoms. The zero-order chi connectivity index (χ0) is 22.2. The van der Waals surface area contributed by atoms with Crippen molar-refractivity contribution in [2.45, 2.75) is 18.9 Å². The van der Waals surface area contributed by atoms with E-state index >= 15 is 0 Å². The van der Waals surface area contributed by atoms with E-state index in [1.54, 1.807) is 29.9 Å². The molecule has 3 heterocycles. The van der Waals surface area contributed by atoms with E-state index in [-0.39, 0.29) is 24.1 Å². The van der Waals surface area contributed by atoms with Gasteiger partial charge in [-0.2, -0.15) is 0 Å². The van der Waals surface area contributed by atoms with Gasteiger partial charge in [-0.15, -0.1) is 0 Å². The number of anilines is 1. The number of methoxy groups -OCH3 is 1. The molecule has 2 N–H and O–H groups in total. The maximum absolute atomic E-state index is 13.1. The van der Waals surface area contributed by atoms with Gasteiger partial charge in [0.1, 0.15) is 29.3 Å². The topological polar surface area (TPSA) is 101 Å². The molecule has 1 atom stereocenters. The fourth-order valence-corrected chi connectivity index (χ4v) is 4.19. The second-order valence-corrected chi connectivity index (χ2v) is 7.94. The molecule has 0 bridgehead atoms.